The van der Waals surface area contributed by atoms with Crippen molar-refractivity contribution in [1.29, 1.82) is 0 Å². The molecule has 356 valence electrons. The van der Waals surface area contributed by atoms with Crippen LogP contribution in [0.4, 0.5) is 0 Å². The van der Waals surface area contributed by atoms with Crippen molar-refractivity contribution in [1.82, 2.24) is 41.2 Å². The van der Waals surface area contributed by atoms with Crippen molar-refractivity contribution in [2.45, 2.75) is 89.7 Å². The highest BCUT2D eigenvalue weighted by Crippen LogP contribution is 2.48. The van der Waals surface area contributed by atoms with Gasteiger partial charge in [-0.05, 0) is 50.3 Å². The van der Waals surface area contributed by atoms with Gasteiger partial charge < -0.3 is 53.2 Å². The second kappa shape index (κ2) is 27.4. The van der Waals surface area contributed by atoms with Crippen LogP contribution in [0, 0.1) is 11.8 Å². The summed E-state index contributed by atoms with van der Waals surface area (Å²) in [5, 5.41) is 45.9. The topological polar surface area (TPSA) is 386 Å². The Labute approximate surface area is 389 Å². The molecule has 4 amide bonds. The summed E-state index contributed by atoms with van der Waals surface area (Å²) in [4.78, 5) is 131. The van der Waals surface area contributed by atoms with Crippen molar-refractivity contribution in [2.75, 3.05) is 37.1 Å². The lowest BCUT2D eigenvalue weighted by molar-refractivity contribution is -0.140. The number of nitrogens with one attached hydrogen (secondary N) is 4. The molecule has 1 aliphatic carbocycles. The molecule has 12 N–H and O–H groups in total. The van der Waals surface area contributed by atoms with Gasteiger partial charge in [0.15, 0.2) is 0 Å². The molecule has 0 aliphatic heterocycles. The van der Waals surface area contributed by atoms with Gasteiger partial charge in [0.05, 0.1) is 26.2 Å². The summed E-state index contributed by atoms with van der Waals surface area (Å²) in [5.41, 5.74) is 11.5. The van der Waals surface area contributed by atoms with E-state index in [-0.39, 0.29) is 48.8 Å². The average Bonchev–Trinajstić information content (AvgIpc) is 3.28. The molecule has 0 bridgehead atoms. The number of nitrogens with zero attached hydrogens (tertiary/aromatic N) is 4. The zero-order chi connectivity index (χ0) is 48.2. The highest BCUT2D eigenvalue weighted by molar-refractivity contribution is 8.00. The molecule has 2 heterocycles. The van der Waals surface area contributed by atoms with Crippen LogP contribution in [0.5, 0.6) is 0 Å². The maximum atomic E-state index is 15.1. The van der Waals surface area contributed by atoms with Crippen LogP contribution in [0.2, 0.25) is 0 Å². The number of carboxylic acids is 4. The molecule has 23 nitrogen and oxygen atoms in total. The number of hydrogen-bond acceptors (Lipinski definition) is 19. The Morgan fingerprint density at radius 1 is 0.723 bits per heavy atom. The van der Waals surface area contributed by atoms with Crippen molar-refractivity contribution in [2.24, 2.45) is 23.3 Å². The first-order chi connectivity index (χ1) is 30.8. The standard InChI is InChI=1S/C38H52N10O13S4/c1-62-27-10-11-41-34(48-27)33(65-16-24(36(57)43-14-30(53)54)47-26(50)9-7-21(40)38(60)61)19-5-3-4-18(31(19)55)32(22-12-28(63-2)45-17-44-22)64-15-23(35(56)42-13-29(51)52)46-25(49)8-6-20(39)37(58)59/h10-12,17-21,23-24,32-33H,3-9,13-16,39-40H2,1-2H3,(H,42,56)(H,43,57)(H,46,49)(H,47,50)(H,51,52)(H,53,54)(H,58,59)(H,60,61)/t18?,19?,20-,21+,23-,24-,32?,33?/m0/s1. The molecular weight excluding hydrogens is 933 g/mol. The number of Topliss-reactive ketones (excluding diaryl/α,β-unsaturated/α-hetero) is 1. The van der Waals surface area contributed by atoms with E-state index in [9.17, 15) is 48.6 Å². The third kappa shape index (κ3) is 18.0. The Hall–Kier alpha value is -5.09. The summed E-state index contributed by atoms with van der Waals surface area (Å²) in [6.07, 6.45) is 6.36. The lowest BCUT2D eigenvalue weighted by atomic mass is 9.76. The second-order valence-corrected chi connectivity index (χ2v) is 18.4. The van der Waals surface area contributed by atoms with Gasteiger partial charge in [-0.15, -0.1) is 47.0 Å². The maximum absolute atomic E-state index is 15.1. The number of amides is 4. The van der Waals surface area contributed by atoms with Crippen LogP contribution in [0.1, 0.15) is 67.0 Å². The van der Waals surface area contributed by atoms with Crippen molar-refractivity contribution >= 4 is 100 Å². The molecule has 27 heteroatoms. The number of ketones is 1. The van der Waals surface area contributed by atoms with Crippen LogP contribution < -0.4 is 32.7 Å². The molecule has 4 unspecified atom stereocenters. The summed E-state index contributed by atoms with van der Waals surface area (Å²) < 4.78 is 0. The van der Waals surface area contributed by atoms with Gasteiger partial charge in [-0.25, -0.2) is 19.9 Å². The van der Waals surface area contributed by atoms with Gasteiger partial charge in [0.1, 0.15) is 55.2 Å². The number of aliphatic carboxylic acids is 4. The number of carboxylic acid groups (broad SMARTS) is 4. The first-order valence-electron chi connectivity index (χ1n) is 19.9. The molecule has 1 fully saturated rings. The Balaban J connectivity index is 2.02. The van der Waals surface area contributed by atoms with Crippen LogP contribution in [-0.2, 0) is 43.2 Å². The number of nitrogens with two attached hydrogens (primary N) is 2. The first kappa shape index (κ1) is 54.2. The lowest BCUT2D eigenvalue weighted by Gasteiger charge is -2.36. The minimum atomic E-state index is -1.36. The van der Waals surface area contributed by atoms with E-state index in [0.717, 1.165) is 23.5 Å². The van der Waals surface area contributed by atoms with Gasteiger partial charge in [-0.2, -0.15) is 0 Å². The van der Waals surface area contributed by atoms with E-state index in [1.54, 1.807) is 24.6 Å². The smallest absolute Gasteiger partial charge is 0.322 e. The Bertz CT molecular complexity index is 1900. The monoisotopic (exact) mass is 984 g/mol. The van der Waals surface area contributed by atoms with Crippen molar-refractivity contribution in [3.05, 3.63) is 36.2 Å². The maximum Gasteiger partial charge on any atom is 0.322 e. The van der Waals surface area contributed by atoms with Crippen molar-refractivity contribution in [3.8, 4) is 0 Å². The van der Waals surface area contributed by atoms with E-state index in [2.05, 4.69) is 41.2 Å². The fraction of sp³-hybridized carbons (Fsp3) is 0.553. The highest BCUT2D eigenvalue weighted by atomic mass is 32.2. The fourth-order valence-electron chi connectivity index (χ4n) is 6.42. The number of rotatable bonds is 28. The molecule has 0 radical (unpaired) electrons. The van der Waals surface area contributed by atoms with Crippen LogP contribution in [-0.4, -0.2) is 155 Å². The van der Waals surface area contributed by atoms with E-state index in [0.29, 0.717) is 35.0 Å². The van der Waals surface area contributed by atoms with E-state index < -0.39 is 107 Å². The molecule has 2 aromatic heterocycles. The predicted molar refractivity (Wildman–Crippen MR) is 239 cm³/mol. The number of carbonyl (C=O) groups is 9. The molecule has 1 saturated carbocycles. The van der Waals surface area contributed by atoms with Crippen LogP contribution >= 0.6 is 47.0 Å². The lowest BCUT2D eigenvalue weighted by Crippen LogP contribution is -2.50. The summed E-state index contributed by atoms with van der Waals surface area (Å²) in [6, 6.07) is -2.06. The minimum absolute atomic E-state index is 0.193. The van der Waals surface area contributed by atoms with E-state index in [1.807, 2.05) is 0 Å². The Kier molecular flexibility index (Phi) is 22.9. The van der Waals surface area contributed by atoms with E-state index >= 15 is 4.79 Å². The molecule has 0 aromatic carbocycles. The van der Waals surface area contributed by atoms with E-state index in [4.69, 9.17) is 21.7 Å². The zero-order valence-corrected chi connectivity index (χ0v) is 38.5. The molecule has 65 heavy (non-hydrogen) atoms. The second-order valence-electron chi connectivity index (χ2n) is 14.4. The normalized spacial score (nSPS) is 17.6. The van der Waals surface area contributed by atoms with Crippen LogP contribution in [0.3, 0.4) is 0 Å². The summed E-state index contributed by atoms with van der Waals surface area (Å²) >= 11 is 4.82. The largest absolute Gasteiger partial charge is 0.480 e. The van der Waals surface area contributed by atoms with Gasteiger partial charge >= 0.3 is 23.9 Å². The molecule has 2 aromatic rings. The summed E-state index contributed by atoms with van der Waals surface area (Å²) in [6.45, 7) is -1.53. The first-order valence-corrected chi connectivity index (χ1v) is 24.4. The minimum Gasteiger partial charge on any atom is -0.480 e. The molecule has 1 aliphatic rings. The average molecular weight is 985 g/mol. The van der Waals surface area contributed by atoms with Crippen molar-refractivity contribution < 1.29 is 63.6 Å². The molecule has 3 rings (SSSR count). The van der Waals surface area contributed by atoms with Crippen LogP contribution in [0.15, 0.2) is 34.7 Å². The number of thioether (sulfide) groups is 4. The summed E-state index contributed by atoms with van der Waals surface area (Å²) in [5.74, 6) is -10.6. The molecular formula is C38H52N10O13S4. The molecule has 0 saturated heterocycles. The molecule has 8 atom stereocenters. The fourth-order valence-corrected chi connectivity index (χ4v) is 10.0. The number of hydrogen-bond donors (Lipinski definition) is 10. The van der Waals surface area contributed by atoms with Gasteiger partial charge in [0.2, 0.25) is 23.6 Å². The van der Waals surface area contributed by atoms with E-state index in [1.165, 1.54) is 36.0 Å². The molecule has 0 spiro atoms. The number of carbonyl (C=O) groups excluding carboxylic acids is 5. The van der Waals surface area contributed by atoms with Gasteiger partial charge in [0.25, 0.3) is 0 Å². The zero-order valence-electron chi connectivity index (χ0n) is 35.2. The quantitative estimate of drug-likeness (QED) is 0.0386. The highest BCUT2D eigenvalue weighted by Gasteiger charge is 2.44. The summed E-state index contributed by atoms with van der Waals surface area (Å²) in [7, 11) is 0. The Morgan fingerprint density at radius 2 is 1.22 bits per heavy atom. The third-order valence-corrected chi connectivity index (χ3v) is 13.9. The number of aromatic nitrogens is 4. The van der Waals surface area contributed by atoms with Gasteiger partial charge in [-0.3, -0.25) is 43.2 Å². The SMILES string of the molecule is CSc1cc(C(SC[C@H](NC(=O)CC[C@H](N)C(=O)O)C(=O)NCC(=O)O)C2CCCC(C(SC[C@H](NC(=O)CC[C@@H](N)C(=O)O)C(=O)NCC(=O)O)c3nccc(SC)n3)C2=O)ncn1. The third-order valence-electron chi connectivity index (χ3n) is 9.78. The van der Waals surface area contributed by atoms with Gasteiger partial charge in [0, 0.05) is 42.4 Å². The van der Waals surface area contributed by atoms with Gasteiger partial charge in [-0.1, -0.05) is 6.42 Å². The Morgan fingerprint density at radius 3 is 1.69 bits per heavy atom. The van der Waals surface area contributed by atoms with Crippen molar-refractivity contribution in [3.63, 3.8) is 0 Å². The predicted octanol–water partition coefficient (Wildman–Crippen LogP) is -0.300. The van der Waals surface area contributed by atoms with Crippen LogP contribution in [0.25, 0.3) is 0 Å².